The predicted octanol–water partition coefficient (Wildman–Crippen LogP) is 3.90. The number of aliphatic hydroxyl groups is 1. The third-order valence-corrected chi connectivity index (χ3v) is 3.26. The molecule has 1 atom stereocenters. The molecular weight excluding hydrogens is 264 g/mol. The highest BCUT2D eigenvalue weighted by Crippen LogP contribution is 2.28. The summed E-state index contributed by atoms with van der Waals surface area (Å²) in [5, 5.41) is 10.3. The van der Waals surface area contributed by atoms with Gasteiger partial charge in [-0.3, -0.25) is 0 Å². The molecule has 21 heavy (non-hydrogen) atoms. The van der Waals surface area contributed by atoms with Crippen LogP contribution >= 0.6 is 0 Å². The van der Waals surface area contributed by atoms with Crippen LogP contribution in [-0.2, 0) is 0 Å². The first-order valence-electron chi connectivity index (χ1n) is 7.30. The van der Waals surface area contributed by atoms with Crippen molar-refractivity contribution in [3.8, 4) is 11.5 Å². The molecule has 3 nitrogen and oxygen atoms in total. The minimum Gasteiger partial charge on any atom is -0.490 e. The Labute approximate surface area is 126 Å². The fourth-order valence-electron chi connectivity index (χ4n) is 2.12. The highest BCUT2D eigenvalue weighted by molar-refractivity contribution is 5.39. The van der Waals surface area contributed by atoms with Crippen LogP contribution in [0, 0.1) is 6.92 Å². The van der Waals surface area contributed by atoms with Crippen molar-refractivity contribution in [3.05, 3.63) is 59.7 Å². The van der Waals surface area contributed by atoms with Crippen LogP contribution in [-0.4, -0.2) is 18.3 Å². The Morgan fingerprint density at radius 1 is 0.952 bits per heavy atom. The lowest BCUT2D eigenvalue weighted by molar-refractivity contribution is 0.105. The van der Waals surface area contributed by atoms with Gasteiger partial charge in [-0.25, -0.2) is 0 Å². The summed E-state index contributed by atoms with van der Waals surface area (Å²) in [4.78, 5) is 0. The maximum Gasteiger partial charge on any atom is 0.161 e. The molecule has 0 aliphatic heterocycles. The maximum atomic E-state index is 10.3. The number of para-hydroxylation sites is 2. The van der Waals surface area contributed by atoms with Crippen LogP contribution in [0.2, 0.25) is 0 Å². The van der Waals surface area contributed by atoms with E-state index in [1.807, 2.05) is 55.5 Å². The van der Waals surface area contributed by atoms with Gasteiger partial charge in [0.2, 0.25) is 0 Å². The van der Waals surface area contributed by atoms with Gasteiger partial charge in [0.1, 0.15) is 12.7 Å². The number of hydrogen-bond donors (Lipinski definition) is 1. The van der Waals surface area contributed by atoms with Crippen molar-refractivity contribution >= 4 is 0 Å². The Morgan fingerprint density at radius 2 is 1.57 bits per heavy atom. The smallest absolute Gasteiger partial charge is 0.161 e. The van der Waals surface area contributed by atoms with Crippen molar-refractivity contribution < 1.29 is 14.6 Å². The van der Waals surface area contributed by atoms with E-state index >= 15 is 0 Å². The first-order valence-corrected chi connectivity index (χ1v) is 7.30. The summed E-state index contributed by atoms with van der Waals surface area (Å²) in [5.74, 6) is 1.38. The highest BCUT2D eigenvalue weighted by atomic mass is 16.5. The maximum absolute atomic E-state index is 10.3. The van der Waals surface area contributed by atoms with Gasteiger partial charge >= 0.3 is 0 Å². The second-order valence-corrected chi connectivity index (χ2v) is 4.98. The van der Waals surface area contributed by atoms with Crippen molar-refractivity contribution in [2.45, 2.75) is 26.4 Å². The molecule has 0 amide bonds. The topological polar surface area (TPSA) is 38.7 Å². The van der Waals surface area contributed by atoms with Crippen molar-refractivity contribution in [1.82, 2.24) is 0 Å². The average molecular weight is 286 g/mol. The summed E-state index contributed by atoms with van der Waals surface area (Å²) in [6.45, 7) is 4.90. The first-order chi connectivity index (χ1) is 10.2. The first kappa shape index (κ1) is 15.4. The summed E-state index contributed by atoms with van der Waals surface area (Å²) in [6, 6.07) is 15.3. The largest absolute Gasteiger partial charge is 0.490 e. The number of aryl methyl sites for hydroxylation is 1. The summed E-state index contributed by atoms with van der Waals surface area (Å²) < 4.78 is 11.4. The number of hydrogen-bond acceptors (Lipinski definition) is 3. The average Bonchev–Trinajstić information content (AvgIpc) is 2.52. The van der Waals surface area contributed by atoms with Gasteiger partial charge in [-0.1, -0.05) is 43.3 Å². The van der Waals surface area contributed by atoms with E-state index in [9.17, 15) is 5.11 Å². The molecule has 0 bridgehead atoms. The Hall–Kier alpha value is -2.00. The van der Waals surface area contributed by atoms with Gasteiger partial charge in [-0.15, -0.1) is 0 Å². The van der Waals surface area contributed by atoms with Gasteiger partial charge in [0, 0.05) is 0 Å². The Balaban J connectivity index is 2.01. The molecule has 0 spiro atoms. The Kier molecular flexibility index (Phi) is 5.64. The van der Waals surface area contributed by atoms with Gasteiger partial charge in [0.05, 0.1) is 6.61 Å². The molecule has 3 heteroatoms. The van der Waals surface area contributed by atoms with Crippen molar-refractivity contribution in [2.24, 2.45) is 0 Å². The molecule has 0 aliphatic rings. The quantitative estimate of drug-likeness (QED) is 0.839. The molecule has 0 aliphatic carbocycles. The van der Waals surface area contributed by atoms with E-state index in [1.54, 1.807) is 0 Å². The van der Waals surface area contributed by atoms with Gasteiger partial charge in [0.25, 0.3) is 0 Å². The summed E-state index contributed by atoms with van der Waals surface area (Å²) in [6.07, 6.45) is 0.297. The standard InChI is InChI=1S/C18H22O3/c1-3-12-20-17-10-6-7-11-18(17)21-13-16(19)15-9-5-4-8-14(15)2/h4-11,16,19H,3,12-13H2,1-2H3. The van der Waals surface area contributed by atoms with E-state index in [1.165, 1.54) is 0 Å². The predicted molar refractivity (Wildman–Crippen MR) is 83.9 cm³/mol. The van der Waals surface area contributed by atoms with E-state index in [4.69, 9.17) is 9.47 Å². The van der Waals surface area contributed by atoms with Crippen LogP contribution in [0.25, 0.3) is 0 Å². The number of rotatable bonds is 7. The zero-order valence-corrected chi connectivity index (χ0v) is 12.6. The van der Waals surface area contributed by atoms with E-state index in [-0.39, 0.29) is 6.61 Å². The molecule has 2 rings (SSSR count). The molecule has 2 aromatic carbocycles. The Morgan fingerprint density at radius 3 is 2.24 bits per heavy atom. The van der Waals surface area contributed by atoms with Crippen LogP contribution < -0.4 is 9.47 Å². The fourth-order valence-corrected chi connectivity index (χ4v) is 2.12. The fraction of sp³-hybridized carbons (Fsp3) is 0.333. The molecular formula is C18H22O3. The lowest BCUT2D eigenvalue weighted by Gasteiger charge is -2.16. The van der Waals surface area contributed by atoms with E-state index in [0.717, 1.165) is 23.3 Å². The second kappa shape index (κ2) is 7.70. The number of aliphatic hydroxyl groups excluding tert-OH is 1. The third kappa shape index (κ3) is 4.23. The number of ether oxygens (including phenoxy) is 2. The van der Waals surface area contributed by atoms with Gasteiger partial charge in [-0.2, -0.15) is 0 Å². The van der Waals surface area contributed by atoms with E-state index < -0.39 is 6.10 Å². The molecule has 112 valence electrons. The molecule has 2 aromatic rings. The van der Waals surface area contributed by atoms with E-state index in [0.29, 0.717) is 12.4 Å². The summed E-state index contributed by atoms with van der Waals surface area (Å²) in [7, 11) is 0. The van der Waals surface area contributed by atoms with Crippen LogP contribution in [0.15, 0.2) is 48.5 Å². The summed E-state index contributed by atoms with van der Waals surface area (Å²) >= 11 is 0. The van der Waals surface area contributed by atoms with Crippen LogP contribution in [0.5, 0.6) is 11.5 Å². The second-order valence-electron chi connectivity index (χ2n) is 4.98. The van der Waals surface area contributed by atoms with Crippen molar-refractivity contribution in [1.29, 1.82) is 0 Å². The molecule has 1 unspecified atom stereocenters. The zero-order valence-electron chi connectivity index (χ0n) is 12.6. The minimum atomic E-state index is -0.648. The minimum absolute atomic E-state index is 0.206. The van der Waals surface area contributed by atoms with Crippen LogP contribution in [0.1, 0.15) is 30.6 Å². The van der Waals surface area contributed by atoms with Gasteiger partial charge in [-0.05, 0) is 36.6 Å². The van der Waals surface area contributed by atoms with E-state index in [2.05, 4.69) is 6.92 Å². The van der Waals surface area contributed by atoms with Gasteiger partial charge < -0.3 is 14.6 Å². The molecule has 0 saturated heterocycles. The van der Waals surface area contributed by atoms with Crippen molar-refractivity contribution in [2.75, 3.05) is 13.2 Å². The lowest BCUT2D eigenvalue weighted by Crippen LogP contribution is -2.11. The molecule has 0 heterocycles. The van der Waals surface area contributed by atoms with Crippen LogP contribution in [0.4, 0.5) is 0 Å². The highest BCUT2D eigenvalue weighted by Gasteiger charge is 2.12. The van der Waals surface area contributed by atoms with Crippen molar-refractivity contribution in [3.63, 3.8) is 0 Å². The number of benzene rings is 2. The third-order valence-electron chi connectivity index (χ3n) is 3.26. The summed E-state index contributed by atoms with van der Waals surface area (Å²) in [5.41, 5.74) is 1.95. The molecule has 0 aromatic heterocycles. The lowest BCUT2D eigenvalue weighted by atomic mass is 10.0. The monoisotopic (exact) mass is 286 g/mol. The zero-order chi connectivity index (χ0) is 15.1. The SMILES string of the molecule is CCCOc1ccccc1OCC(O)c1ccccc1C. The molecule has 1 N–H and O–H groups in total. The van der Waals surface area contributed by atoms with Crippen LogP contribution in [0.3, 0.4) is 0 Å². The molecule has 0 saturated carbocycles. The Bertz CT molecular complexity index is 566. The molecule has 0 radical (unpaired) electrons. The normalized spacial score (nSPS) is 12.0. The van der Waals surface area contributed by atoms with Gasteiger partial charge in [0.15, 0.2) is 11.5 Å². The molecule has 0 fully saturated rings.